The molecule has 1 unspecified atom stereocenters. The normalized spacial score (nSPS) is 16.3. The van der Waals surface area contributed by atoms with Gasteiger partial charge in [-0.1, -0.05) is 30.7 Å². The number of aromatic nitrogens is 1. The first-order valence-corrected chi connectivity index (χ1v) is 9.64. The number of ketones is 1. The van der Waals surface area contributed by atoms with Crippen LogP contribution in [-0.4, -0.2) is 36.6 Å². The number of rotatable bonds is 7. The highest BCUT2D eigenvalue weighted by atomic mass is 35.5. The monoisotopic (exact) mass is 389 g/mol. The van der Waals surface area contributed by atoms with Crippen LogP contribution in [0.1, 0.15) is 63.4 Å². The van der Waals surface area contributed by atoms with Crippen LogP contribution in [0, 0.1) is 6.92 Å². The minimum Gasteiger partial charge on any atom is -0.459 e. The summed E-state index contributed by atoms with van der Waals surface area (Å²) in [5.41, 5.74) is 3.54. The van der Waals surface area contributed by atoms with Crippen molar-refractivity contribution in [2.45, 2.75) is 39.0 Å². The second-order valence-electron chi connectivity index (χ2n) is 6.81. The second kappa shape index (κ2) is 8.72. The van der Waals surface area contributed by atoms with Gasteiger partial charge in [-0.15, -0.1) is 0 Å². The standard InChI is InChI=1S/C21H24ClNO4/c1-3-8-26-9-10-27-21(25)20-13(2)19-17(23-20)11-15(12-18(19)24)14-4-6-16(22)7-5-14/h4-7,15,23H,3,8-12H2,1-2H3. The summed E-state index contributed by atoms with van der Waals surface area (Å²) in [6.45, 7) is 5.03. The molecule has 0 amide bonds. The van der Waals surface area contributed by atoms with Gasteiger partial charge in [0.1, 0.15) is 12.3 Å². The number of Topliss-reactive ketones (excluding diaryl/α,β-unsaturated/α-hetero) is 1. The number of aromatic amines is 1. The highest BCUT2D eigenvalue weighted by Gasteiger charge is 2.32. The van der Waals surface area contributed by atoms with Gasteiger partial charge in [0.2, 0.25) is 0 Å². The molecule has 5 nitrogen and oxygen atoms in total. The molecule has 0 bridgehead atoms. The summed E-state index contributed by atoms with van der Waals surface area (Å²) in [6, 6.07) is 7.57. The van der Waals surface area contributed by atoms with E-state index in [1.807, 2.05) is 31.2 Å². The molecule has 1 atom stereocenters. The average molecular weight is 390 g/mol. The molecule has 2 aromatic rings. The van der Waals surface area contributed by atoms with E-state index in [1.165, 1.54) is 0 Å². The van der Waals surface area contributed by atoms with Crippen molar-refractivity contribution in [2.75, 3.05) is 19.8 Å². The van der Waals surface area contributed by atoms with Gasteiger partial charge in [-0.2, -0.15) is 0 Å². The number of carbonyl (C=O) groups excluding carboxylic acids is 2. The molecule has 0 saturated heterocycles. The molecule has 1 N–H and O–H groups in total. The molecule has 144 valence electrons. The predicted octanol–water partition coefficient (Wildman–Crippen LogP) is 4.47. The second-order valence-corrected chi connectivity index (χ2v) is 7.24. The van der Waals surface area contributed by atoms with E-state index in [9.17, 15) is 9.59 Å². The summed E-state index contributed by atoms with van der Waals surface area (Å²) in [5, 5.41) is 0.672. The van der Waals surface area contributed by atoms with Crippen molar-refractivity contribution in [3.63, 3.8) is 0 Å². The molecule has 0 spiro atoms. The summed E-state index contributed by atoms with van der Waals surface area (Å²) >= 11 is 5.96. The fraction of sp³-hybridized carbons (Fsp3) is 0.429. The summed E-state index contributed by atoms with van der Waals surface area (Å²) in [5.74, 6) is -0.320. The molecule has 1 aliphatic carbocycles. The Hall–Kier alpha value is -2.11. The lowest BCUT2D eigenvalue weighted by atomic mass is 9.81. The van der Waals surface area contributed by atoms with Crippen molar-refractivity contribution in [1.29, 1.82) is 0 Å². The van der Waals surface area contributed by atoms with Gasteiger partial charge in [-0.25, -0.2) is 4.79 Å². The van der Waals surface area contributed by atoms with E-state index in [0.717, 1.165) is 17.7 Å². The molecule has 27 heavy (non-hydrogen) atoms. The van der Waals surface area contributed by atoms with Gasteiger partial charge < -0.3 is 14.5 Å². The highest BCUT2D eigenvalue weighted by molar-refractivity contribution is 6.30. The maximum Gasteiger partial charge on any atom is 0.355 e. The van der Waals surface area contributed by atoms with Crippen LogP contribution >= 0.6 is 11.6 Å². The molecule has 1 aromatic heterocycles. The van der Waals surface area contributed by atoms with Crippen molar-refractivity contribution in [2.24, 2.45) is 0 Å². The quantitative estimate of drug-likeness (QED) is 0.560. The van der Waals surface area contributed by atoms with Crippen LogP contribution in [0.25, 0.3) is 0 Å². The Morgan fingerprint density at radius 1 is 1.19 bits per heavy atom. The number of hydrogen-bond donors (Lipinski definition) is 1. The molecule has 1 aliphatic rings. The lowest BCUT2D eigenvalue weighted by Crippen LogP contribution is -2.18. The molecule has 0 fully saturated rings. The van der Waals surface area contributed by atoms with E-state index in [1.54, 1.807) is 6.92 Å². The maximum atomic E-state index is 12.7. The molecular weight excluding hydrogens is 366 g/mol. The van der Waals surface area contributed by atoms with Crippen LogP contribution in [0.5, 0.6) is 0 Å². The third kappa shape index (κ3) is 4.42. The van der Waals surface area contributed by atoms with E-state index >= 15 is 0 Å². The molecule has 0 radical (unpaired) electrons. The average Bonchev–Trinajstić information content (AvgIpc) is 2.99. The van der Waals surface area contributed by atoms with Crippen molar-refractivity contribution < 1.29 is 19.1 Å². The summed E-state index contributed by atoms with van der Waals surface area (Å²) in [6.07, 6.45) is 2.02. The van der Waals surface area contributed by atoms with Crippen LogP contribution in [0.2, 0.25) is 5.02 Å². The van der Waals surface area contributed by atoms with Crippen LogP contribution in [0.4, 0.5) is 0 Å². The molecule has 6 heteroatoms. The number of benzene rings is 1. The number of hydrogen-bond acceptors (Lipinski definition) is 4. The minimum atomic E-state index is -0.446. The molecule has 3 rings (SSSR count). The summed E-state index contributed by atoms with van der Waals surface area (Å²) in [7, 11) is 0. The molecule has 0 saturated carbocycles. The van der Waals surface area contributed by atoms with Crippen LogP contribution in [0.15, 0.2) is 24.3 Å². The van der Waals surface area contributed by atoms with Crippen molar-refractivity contribution in [3.8, 4) is 0 Å². The summed E-state index contributed by atoms with van der Waals surface area (Å²) < 4.78 is 10.6. The number of fused-ring (bicyclic) bond motifs is 1. The smallest absolute Gasteiger partial charge is 0.355 e. The first-order chi connectivity index (χ1) is 13.0. The number of carbonyl (C=O) groups is 2. The highest BCUT2D eigenvalue weighted by Crippen LogP contribution is 2.35. The van der Waals surface area contributed by atoms with E-state index in [4.69, 9.17) is 21.1 Å². The van der Waals surface area contributed by atoms with Gasteiger partial charge in [-0.3, -0.25) is 4.79 Å². The number of ether oxygens (including phenoxy) is 2. The number of H-pyrrole nitrogens is 1. The SMILES string of the molecule is CCCOCCOC(=O)c1[nH]c2c(c1C)C(=O)CC(c1ccc(Cl)cc1)C2. The molecule has 1 heterocycles. The zero-order valence-electron chi connectivity index (χ0n) is 15.6. The number of halogens is 1. The van der Waals surface area contributed by atoms with Gasteiger partial charge in [0, 0.05) is 29.3 Å². The Balaban J connectivity index is 1.73. The first kappa shape index (κ1) is 19.6. The van der Waals surface area contributed by atoms with Crippen LogP contribution in [-0.2, 0) is 15.9 Å². The minimum absolute atomic E-state index is 0.0512. The summed E-state index contributed by atoms with van der Waals surface area (Å²) in [4.78, 5) is 28.2. The largest absolute Gasteiger partial charge is 0.459 e. The lowest BCUT2D eigenvalue weighted by molar-refractivity contribution is 0.0312. The zero-order valence-corrected chi connectivity index (χ0v) is 16.4. The van der Waals surface area contributed by atoms with E-state index in [0.29, 0.717) is 47.9 Å². The van der Waals surface area contributed by atoms with Gasteiger partial charge in [0.05, 0.1) is 6.61 Å². The van der Waals surface area contributed by atoms with Gasteiger partial charge in [0.15, 0.2) is 5.78 Å². The first-order valence-electron chi connectivity index (χ1n) is 9.26. The van der Waals surface area contributed by atoms with Crippen molar-refractivity contribution in [1.82, 2.24) is 4.98 Å². The van der Waals surface area contributed by atoms with E-state index in [-0.39, 0.29) is 18.3 Å². The maximum absolute atomic E-state index is 12.7. The Kier molecular flexibility index (Phi) is 6.34. The van der Waals surface area contributed by atoms with E-state index in [2.05, 4.69) is 4.98 Å². The lowest BCUT2D eigenvalue weighted by Gasteiger charge is -2.22. The topological polar surface area (TPSA) is 68.4 Å². The van der Waals surface area contributed by atoms with Crippen molar-refractivity contribution >= 4 is 23.4 Å². The van der Waals surface area contributed by atoms with Gasteiger partial charge >= 0.3 is 5.97 Å². The molecule has 0 aliphatic heterocycles. The predicted molar refractivity (Wildman–Crippen MR) is 104 cm³/mol. The number of nitrogens with one attached hydrogen (secondary N) is 1. The third-order valence-corrected chi connectivity index (χ3v) is 5.10. The van der Waals surface area contributed by atoms with Crippen LogP contribution < -0.4 is 0 Å². The Morgan fingerprint density at radius 3 is 2.63 bits per heavy atom. The molecular formula is C21H24ClNO4. The fourth-order valence-corrected chi connectivity index (χ4v) is 3.65. The Labute approximate surface area is 164 Å². The zero-order chi connectivity index (χ0) is 19.4. The third-order valence-electron chi connectivity index (χ3n) is 4.84. The fourth-order valence-electron chi connectivity index (χ4n) is 3.52. The van der Waals surface area contributed by atoms with Gasteiger partial charge in [0.25, 0.3) is 0 Å². The van der Waals surface area contributed by atoms with Crippen molar-refractivity contribution in [3.05, 3.63) is 57.4 Å². The van der Waals surface area contributed by atoms with Crippen LogP contribution in [0.3, 0.4) is 0 Å². The molecule has 1 aromatic carbocycles. The van der Waals surface area contributed by atoms with E-state index < -0.39 is 5.97 Å². The Bertz CT molecular complexity index is 825. The Morgan fingerprint density at radius 2 is 1.93 bits per heavy atom. The number of esters is 1. The van der Waals surface area contributed by atoms with Gasteiger partial charge in [-0.05, 0) is 48.9 Å².